The summed E-state index contributed by atoms with van der Waals surface area (Å²) in [6, 6.07) is 0.00771. The van der Waals surface area contributed by atoms with Crippen molar-refractivity contribution >= 4 is 10.0 Å². The van der Waals surface area contributed by atoms with Crippen molar-refractivity contribution in [3.05, 3.63) is 11.8 Å². The highest BCUT2D eigenvalue weighted by Crippen LogP contribution is 2.42. The summed E-state index contributed by atoms with van der Waals surface area (Å²) >= 11 is 0. The van der Waals surface area contributed by atoms with Gasteiger partial charge in [0, 0.05) is 25.0 Å². The third-order valence-electron chi connectivity index (χ3n) is 4.80. The summed E-state index contributed by atoms with van der Waals surface area (Å²) in [5.41, 5.74) is 0. The van der Waals surface area contributed by atoms with Crippen LogP contribution in [0.25, 0.3) is 0 Å². The van der Waals surface area contributed by atoms with Crippen molar-refractivity contribution in [2.24, 2.45) is 11.8 Å². The zero-order valence-corrected chi connectivity index (χ0v) is 13.6. The fraction of sp³-hybridized carbons (Fsp3) is 0.857. The van der Waals surface area contributed by atoms with E-state index in [1.54, 1.807) is 0 Å². The molecule has 4 rings (SSSR count). The molecule has 1 aliphatic heterocycles. The summed E-state index contributed by atoms with van der Waals surface area (Å²) < 4.78 is 31.6. The van der Waals surface area contributed by atoms with E-state index in [0.717, 1.165) is 31.8 Å². The number of hydrogen-bond donors (Lipinski definition) is 1. The summed E-state index contributed by atoms with van der Waals surface area (Å²) in [6.07, 6.45) is 5.96. The Kier molecular flexibility index (Phi) is 3.50. The van der Waals surface area contributed by atoms with Crippen LogP contribution in [-0.2, 0) is 16.6 Å². The molecule has 0 spiro atoms. The molecule has 0 aromatic carbocycles. The van der Waals surface area contributed by atoms with Crippen LogP contribution in [0.1, 0.15) is 43.4 Å². The second-order valence-electron chi connectivity index (χ2n) is 7.00. The number of sulfonamides is 1. The zero-order valence-electron chi connectivity index (χ0n) is 12.7. The SMILES string of the molecule is CS(=O)(=O)N[C@@H]1CN(Cc2nnc(C3CC3)o2)C[C@H]1C1CC1. The molecule has 8 heteroatoms. The standard InChI is InChI=1S/C14H22N4O3S/c1-22(19,20)17-12-7-18(6-11(12)9-2-3-9)8-13-15-16-14(21-13)10-4-5-10/h9-12,17H,2-8H2,1H3/t11-,12+/m0/s1. The smallest absolute Gasteiger partial charge is 0.230 e. The maximum atomic E-state index is 11.6. The molecule has 1 saturated heterocycles. The van der Waals surface area contributed by atoms with Gasteiger partial charge >= 0.3 is 0 Å². The summed E-state index contributed by atoms with van der Waals surface area (Å²) in [6.45, 7) is 2.24. The van der Waals surface area contributed by atoms with E-state index in [1.807, 2.05) is 0 Å². The van der Waals surface area contributed by atoms with Crippen LogP contribution < -0.4 is 4.72 Å². The molecule has 0 bridgehead atoms. The topological polar surface area (TPSA) is 88.3 Å². The van der Waals surface area contributed by atoms with Gasteiger partial charge in [-0.05, 0) is 37.5 Å². The van der Waals surface area contributed by atoms with Gasteiger partial charge in [0.05, 0.1) is 12.8 Å². The Bertz CT molecular complexity index is 651. The van der Waals surface area contributed by atoms with Crippen molar-refractivity contribution in [2.45, 2.75) is 44.2 Å². The van der Waals surface area contributed by atoms with Crippen LogP contribution in [0.2, 0.25) is 0 Å². The van der Waals surface area contributed by atoms with Gasteiger partial charge in [0.1, 0.15) is 0 Å². The van der Waals surface area contributed by atoms with Crippen molar-refractivity contribution in [1.29, 1.82) is 0 Å². The third-order valence-corrected chi connectivity index (χ3v) is 5.53. The lowest BCUT2D eigenvalue weighted by molar-refractivity contribution is 0.272. The van der Waals surface area contributed by atoms with Gasteiger partial charge in [-0.25, -0.2) is 13.1 Å². The molecule has 0 radical (unpaired) electrons. The highest BCUT2D eigenvalue weighted by Gasteiger charge is 2.43. The van der Waals surface area contributed by atoms with Gasteiger partial charge in [-0.15, -0.1) is 10.2 Å². The Labute approximate surface area is 130 Å². The first kappa shape index (κ1) is 14.6. The fourth-order valence-corrected chi connectivity index (χ4v) is 4.26. The Morgan fingerprint density at radius 2 is 2.00 bits per heavy atom. The first-order chi connectivity index (χ1) is 10.5. The van der Waals surface area contributed by atoms with Crippen LogP contribution in [0.4, 0.5) is 0 Å². The minimum Gasteiger partial charge on any atom is -0.424 e. The normalized spacial score (nSPS) is 30.0. The third kappa shape index (κ3) is 3.33. The average Bonchev–Trinajstić information content (AvgIpc) is 3.35. The Morgan fingerprint density at radius 1 is 1.23 bits per heavy atom. The first-order valence-corrected chi connectivity index (χ1v) is 9.89. The second-order valence-corrected chi connectivity index (χ2v) is 8.78. The van der Waals surface area contributed by atoms with Gasteiger partial charge in [-0.3, -0.25) is 4.90 Å². The van der Waals surface area contributed by atoms with Gasteiger partial charge in [-0.2, -0.15) is 0 Å². The second kappa shape index (κ2) is 5.28. The molecular formula is C14H22N4O3S. The number of likely N-dealkylation sites (tertiary alicyclic amines) is 1. The van der Waals surface area contributed by atoms with Crippen LogP contribution >= 0.6 is 0 Å². The highest BCUT2D eigenvalue weighted by molar-refractivity contribution is 7.88. The van der Waals surface area contributed by atoms with E-state index in [4.69, 9.17) is 4.42 Å². The van der Waals surface area contributed by atoms with E-state index in [1.165, 1.54) is 19.1 Å². The molecular weight excluding hydrogens is 304 g/mol. The molecule has 1 aromatic rings. The molecule has 2 atom stereocenters. The lowest BCUT2D eigenvalue weighted by Crippen LogP contribution is -2.40. The molecule has 3 fully saturated rings. The predicted octanol–water partition coefficient (Wildman–Crippen LogP) is 0.707. The van der Waals surface area contributed by atoms with Crippen LogP contribution in [0, 0.1) is 11.8 Å². The van der Waals surface area contributed by atoms with E-state index < -0.39 is 10.0 Å². The minimum atomic E-state index is -3.17. The van der Waals surface area contributed by atoms with Gasteiger partial charge in [0.25, 0.3) is 0 Å². The highest BCUT2D eigenvalue weighted by atomic mass is 32.2. The molecule has 3 aliphatic rings. The molecule has 1 aromatic heterocycles. The molecule has 2 saturated carbocycles. The van der Waals surface area contributed by atoms with Gasteiger partial charge in [0.15, 0.2) is 0 Å². The number of rotatable bonds is 6. The Morgan fingerprint density at radius 3 is 2.64 bits per heavy atom. The summed E-state index contributed by atoms with van der Waals surface area (Å²) in [7, 11) is -3.17. The predicted molar refractivity (Wildman–Crippen MR) is 79.5 cm³/mol. The van der Waals surface area contributed by atoms with E-state index in [-0.39, 0.29) is 6.04 Å². The van der Waals surface area contributed by atoms with E-state index in [9.17, 15) is 8.42 Å². The summed E-state index contributed by atoms with van der Waals surface area (Å²) in [5.74, 6) is 2.95. The van der Waals surface area contributed by atoms with E-state index in [0.29, 0.717) is 30.2 Å². The molecule has 1 N–H and O–H groups in total. The molecule has 0 amide bonds. The number of hydrogen-bond acceptors (Lipinski definition) is 6. The maximum Gasteiger partial charge on any atom is 0.230 e. The van der Waals surface area contributed by atoms with Crippen molar-refractivity contribution < 1.29 is 12.8 Å². The van der Waals surface area contributed by atoms with Gasteiger partial charge in [-0.1, -0.05) is 0 Å². The lowest BCUT2D eigenvalue weighted by atomic mass is 9.99. The largest absolute Gasteiger partial charge is 0.424 e. The van der Waals surface area contributed by atoms with E-state index in [2.05, 4.69) is 19.8 Å². The molecule has 0 unspecified atom stereocenters. The Balaban J connectivity index is 1.41. The summed E-state index contributed by atoms with van der Waals surface area (Å²) in [4.78, 5) is 2.23. The molecule has 22 heavy (non-hydrogen) atoms. The molecule has 2 heterocycles. The first-order valence-electron chi connectivity index (χ1n) is 8.00. The fourth-order valence-electron chi connectivity index (χ4n) is 3.46. The number of nitrogens with zero attached hydrogens (tertiary/aromatic N) is 3. The van der Waals surface area contributed by atoms with Crippen molar-refractivity contribution in [2.75, 3.05) is 19.3 Å². The number of aromatic nitrogens is 2. The molecule has 7 nitrogen and oxygen atoms in total. The van der Waals surface area contributed by atoms with Crippen LogP contribution in [-0.4, -0.2) is 48.9 Å². The molecule has 2 aliphatic carbocycles. The average molecular weight is 326 g/mol. The molecule has 122 valence electrons. The maximum absolute atomic E-state index is 11.6. The lowest BCUT2D eigenvalue weighted by Gasteiger charge is -2.17. The van der Waals surface area contributed by atoms with Crippen molar-refractivity contribution in [3.8, 4) is 0 Å². The monoisotopic (exact) mass is 326 g/mol. The zero-order chi connectivity index (χ0) is 15.3. The Hall–Kier alpha value is -0.990. The summed E-state index contributed by atoms with van der Waals surface area (Å²) in [5, 5.41) is 8.24. The minimum absolute atomic E-state index is 0.00771. The van der Waals surface area contributed by atoms with Crippen LogP contribution in [0.5, 0.6) is 0 Å². The van der Waals surface area contributed by atoms with Crippen LogP contribution in [0.15, 0.2) is 4.42 Å². The van der Waals surface area contributed by atoms with Crippen molar-refractivity contribution in [1.82, 2.24) is 19.8 Å². The van der Waals surface area contributed by atoms with Crippen molar-refractivity contribution in [3.63, 3.8) is 0 Å². The van der Waals surface area contributed by atoms with E-state index >= 15 is 0 Å². The van der Waals surface area contributed by atoms with Gasteiger partial charge in [0.2, 0.25) is 21.8 Å². The van der Waals surface area contributed by atoms with Crippen LogP contribution in [0.3, 0.4) is 0 Å². The number of nitrogens with one attached hydrogen (secondary N) is 1. The van der Waals surface area contributed by atoms with Gasteiger partial charge < -0.3 is 4.42 Å². The quantitative estimate of drug-likeness (QED) is 0.828.